The van der Waals surface area contributed by atoms with Gasteiger partial charge in [0, 0.05) is 30.2 Å². The van der Waals surface area contributed by atoms with Crippen molar-refractivity contribution in [2.45, 2.75) is 20.3 Å². The molecule has 0 saturated heterocycles. The molecule has 94 valence electrons. The quantitative estimate of drug-likeness (QED) is 0.382. The first kappa shape index (κ1) is 13.7. The van der Waals surface area contributed by atoms with Crippen LogP contribution < -0.4 is 5.32 Å². The Labute approximate surface area is 105 Å². The molecule has 18 heavy (non-hydrogen) atoms. The molecule has 5 nitrogen and oxygen atoms in total. The number of carbonyl (C=O) groups is 1. The average Bonchev–Trinajstić information content (AvgIpc) is 2.34. The summed E-state index contributed by atoms with van der Waals surface area (Å²) < 4.78 is 0. The Kier molecular flexibility index (Phi) is 4.88. The molecule has 5 heteroatoms. The van der Waals surface area contributed by atoms with Crippen molar-refractivity contribution in [1.82, 2.24) is 5.32 Å². The van der Waals surface area contributed by atoms with E-state index in [0.29, 0.717) is 24.1 Å². The van der Waals surface area contributed by atoms with Gasteiger partial charge in [-0.3, -0.25) is 14.9 Å². The first-order valence-corrected chi connectivity index (χ1v) is 5.49. The predicted molar refractivity (Wildman–Crippen MR) is 68.2 cm³/mol. The molecule has 0 aromatic heterocycles. The van der Waals surface area contributed by atoms with Crippen LogP contribution in [0.4, 0.5) is 5.69 Å². The van der Waals surface area contributed by atoms with E-state index in [1.54, 1.807) is 19.9 Å². The van der Waals surface area contributed by atoms with Gasteiger partial charge in [0.15, 0.2) is 0 Å². The van der Waals surface area contributed by atoms with Crippen LogP contribution in [0.5, 0.6) is 0 Å². The van der Waals surface area contributed by atoms with Crippen molar-refractivity contribution in [3.8, 4) is 11.8 Å². The summed E-state index contributed by atoms with van der Waals surface area (Å²) in [5, 5.41) is 13.4. The molecule has 1 aromatic rings. The van der Waals surface area contributed by atoms with Gasteiger partial charge in [0.05, 0.1) is 4.92 Å². The molecule has 0 saturated carbocycles. The Morgan fingerprint density at radius 3 is 2.83 bits per heavy atom. The van der Waals surface area contributed by atoms with Crippen LogP contribution in [0.1, 0.15) is 29.3 Å². The van der Waals surface area contributed by atoms with Gasteiger partial charge < -0.3 is 5.32 Å². The first-order valence-electron chi connectivity index (χ1n) is 5.49. The van der Waals surface area contributed by atoms with E-state index in [1.165, 1.54) is 12.1 Å². The second-order valence-electron chi connectivity index (χ2n) is 3.64. The number of nitrogens with zero attached hydrogens (tertiary/aromatic N) is 1. The summed E-state index contributed by atoms with van der Waals surface area (Å²) in [6.45, 7) is 3.73. The monoisotopic (exact) mass is 246 g/mol. The Morgan fingerprint density at radius 2 is 2.22 bits per heavy atom. The topological polar surface area (TPSA) is 72.2 Å². The van der Waals surface area contributed by atoms with Crippen LogP contribution in [0.25, 0.3) is 0 Å². The highest BCUT2D eigenvalue weighted by Gasteiger charge is 2.17. The fourth-order valence-electron chi connectivity index (χ4n) is 1.53. The maximum absolute atomic E-state index is 11.8. The van der Waals surface area contributed by atoms with E-state index < -0.39 is 4.92 Å². The Hall–Kier alpha value is -2.35. The number of amides is 1. The van der Waals surface area contributed by atoms with Crippen molar-refractivity contribution in [1.29, 1.82) is 0 Å². The standard InChI is InChI=1S/C13H14N2O3/c1-3-4-5-9-14-13(16)11-7-6-8-12(10(11)2)15(17)18/h6-8H,5,9H2,1-2H3,(H,14,16). The summed E-state index contributed by atoms with van der Waals surface area (Å²) >= 11 is 0. The summed E-state index contributed by atoms with van der Waals surface area (Å²) in [5.74, 6) is 5.24. The third-order valence-corrected chi connectivity index (χ3v) is 2.46. The molecular weight excluding hydrogens is 232 g/mol. The van der Waals surface area contributed by atoms with E-state index in [1.807, 2.05) is 0 Å². The highest BCUT2D eigenvalue weighted by atomic mass is 16.6. The van der Waals surface area contributed by atoms with Crippen molar-refractivity contribution >= 4 is 11.6 Å². The smallest absolute Gasteiger partial charge is 0.273 e. The van der Waals surface area contributed by atoms with Gasteiger partial charge in [0.25, 0.3) is 11.6 Å². The lowest BCUT2D eigenvalue weighted by molar-refractivity contribution is -0.385. The minimum atomic E-state index is -0.491. The molecule has 1 rings (SSSR count). The minimum absolute atomic E-state index is 0.0454. The zero-order valence-electron chi connectivity index (χ0n) is 10.3. The molecular formula is C13H14N2O3. The number of nitro groups is 1. The normalized spacial score (nSPS) is 9.22. The fraction of sp³-hybridized carbons (Fsp3) is 0.308. The van der Waals surface area contributed by atoms with Crippen molar-refractivity contribution in [2.24, 2.45) is 0 Å². The summed E-state index contributed by atoms with van der Waals surface area (Å²) in [4.78, 5) is 22.1. The molecule has 1 aromatic carbocycles. The van der Waals surface area contributed by atoms with Crippen LogP contribution in [0, 0.1) is 28.9 Å². The summed E-state index contributed by atoms with van der Waals surface area (Å²) in [6, 6.07) is 4.46. The Bertz CT molecular complexity index is 527. The number of rotatable bonds is 4. The number of nitro benzene ring substituents is 1. The number of nitrogens with one attached hydrogen (secondary N) is 1. The zero-order chi connectivity index (χ0) is 13.5. The van der Waals surface area contributed by atoms with Crippen molar-refractivity contribution in [2.75, 3.05) is 6.54 Å². The van der Waals surface area contributed by atoms with Crippen LogP contribution in [0.2, 0.25) is 0 Å². The molecule has 0 unspecified atom stereocenters. The zero-order valence-corrected chi connectivity index (χ0v) is 10.3. The summed E-state index contributed by atoms with van der Waals surface area (Å²) in [5.41, 5.74) is 0.659. The summed E-state index contributed by atoms with van der Waals surface area (Å²) in [6.07, 6.45) is 0.566. The second-order valence-corrected chi connectivity index (χ2v) is 3.64. The van der Waals surface area contributed by atoms with Gasteiger partial charge in [-0.05, 0) is 19.9 Å². The third kappa shape index (κ3) is 3.32. The van der Waals surface area contributed by atoms with Crippen LogP contribution in [-0.2, 0) is 0 Å². The van der Waals surface area contributed by atoms with Gasteiger partial charge in [-0.2, -0.15) is 0 Å². The average molecular weight is 246 g/mol. The van der Waals surface area contributed by atoms with E-state index >= 15 is 0 Å². The molecule has 0 aliphatic rings. The maximum atomic E-state index is 11.8. The number of carbonyl (C=O) groups excluding carboxylic acids is 1. The number of hydrogen-bond acceptors (Lipinski definition) is 3. The highest BCUT2D eigenvalue weighted by molar-refractivity contribution is 5.96. The summed E-state index contributed by atoms with van der Waals surface area (Å²) in [7, 11) is 0. The molecule has 0 spiro atoms. The minimum Gasteiger partial charge on any atom is -0.351 e. The van der Waals surface area contributed by atoms with Gasteiger partial charge in [-0.15, -0.1) is 11.8 Å². The molecule has 0 fully saturated rings. The van der Waals surface area contributed by atoms with E-state index in [4.69, 9.17) is 0 Å². The molecule has 0 bridgehead atoms. The van der Waals surface area contributed by atoms with Gasteiger partial charge in [0.2, 0.25) is 0 Å². The highest BCUT2D eigenvalue weighted by Crippen LogP contribution is 2.20. The van der Waals surface area contributed by atoms with Crippen LogP contribution in [0.15, 0.2) is 18.2 Å². The molecule has 0 aliphatic heterocycles. The third-order valence-electron chi connectivity index (χ3n) is 2.46. The van der Waals surface area contributed by atoms with E-state index in [-0.39, 0.29) is 11.6 Å². The van der Waals surface area contributed by atoms with Crippen LogP contribution >= 0.6 is 0 Å². The SMILES string of the molecule is CC#CCCNC(=O)c1cccc([N+](=O)[O-])c1C. The van der Waals surface area contributed by atoms with Crippen LogP contribution in [0.3, 0.4) is 0 Å². The van der Waals surface area contributed by atoms with Crippen LogP contribution in [-0.4, -0.2) is 17.4 Å². The molecule has 1 amide bonds. The molecule has 1 N–H and O–H groups in total. The van der Waals surface area contributed by atoms with Gasteiger partial charge >= 0.3 is 0 Å². The lowest BCUT2D eigenvalue weighted by Gasteiger charge is -2.06. The van der Waals surface area contributed by atoms with Crippen molar-refractivity contribution in [3.05, 3.63) is 39.4 Å². The molecule has 0 aliphatic carbocycles. The predicted octanol–water partition coefficient (Wildman–Crippen LogP) is 2.05. The Morgan fingerprint density at radius 1 is 1.50 bits per heavy atom. The Balaban J connectivity index is 2.82. The van der Waals surface area contributed by atoms with Crippen molar-refractivity contribution in [3.63, 3.8) is 0 Å². The second kappa shape index (κ2) is 6.40. The first-order chi connectivity index (χ1) is 8.57. The van der Waals surface area contributed by atoms with E-state index in [9.17, 15) is 14.9 Å². The van der Waals surface area contributed by atoms with Gasteiger partial charge in [-0.1, -0.05) is 6.07 Å². The fourth-order valence-corrected chi connectivity index (χ4v) is 1.53. The van der Waals surface area contributed by atoms with E-state index in [2.05, 4.69) is 17.2 Å². The molecule has 0 radical (unpaired) electrons. The van der Waals surface area contributed by atoms with Gasteiger partial charge in [-0.25, -0.2) is 0 Å². The number of benzene rings is 1. The number of hydrogen-bond donors (Lipinski definition) is 1. The maximum Gasteiger partial charge on any atom is 0.273 e. The van der Waals surface area contributed by atoms with E-state index in [0.717, 1.165) is 0 Å². The largest absolute Gasteiger partial charge is 0.351 e. The lowest BCUT2D eigenvalue weighted by atomic mass is 10.1. The lowest BCUT2D eigenvalue weighted by Crippen LogP contribution is -2.25. The molecule has 0 atom stereocenters. The van der Waals surface area contributed by atoms with Gasteiger partial charge in [0.1, 0.15) is 0 Å². The molecule has 0 heterocycles. The van der Waals surface area contributed by atoms with Crippen molar-refractivity contribution < 1.29 is 9.72 Å².